The highest BCUT2D eigenvalue weighted by Gasteiger charge is 2.24. The Balaban J connectivity index is 0.00000306. The van der Waals surface area contributed by atoms with Crippen LogP contribution in [0.4, 0.5) is 5.69 Å². The van der Waals surface area contributed by atoms with Crippen LogP contribution in [0, 0.1) is 0 Å². The molecule has 1 amide bonds. The molecular weight excluding hydrogens is 533 g/mol. The number of amides is 1. The second-order valence-electron chi connectivity index (χ2n) is 7.29. The molecule has 0 saturated heterocycles. The Morgan fingerprint density at radius 2 is 1.91 bits per heavy atom. The monoisotopic (exact) mass is 561 g/mol. The maximum atomic E-state index is 12.3. The zero-order valence-corrected chi connectivity index (χ0v) is 20.8. The quantitative estimate of drug-likeness (QED) is 0.188. The van der Waals surface area contributed by atoms with E-state index >= 15 is 0 Å². The van der Waals surface area contributed by atoms with E-state index in [9.17, 15) is 4.79 Å². The number of rotatable bonds is 8. The molecule has 1 aliphatic rings. The third-order valence-electron chi connectivity index (χ3n) is 4.98. The fraction of sp³-hybridized carbons (Fsp3) is 0.292. The number of aromatic nitrogens is 1. The normalized spacial score (nSPS) is 13.1. The largest absolute Gasteiger partial charge is 0.482 e. The molecule has 1 aliphatic heterocycles. The van der Waals surface area contributed by atoms with Crippen molar-refractivity contribution >= 4 is 41.5 Å². The van der Waals surface area contributed by atoms with Gasteiger partial charge in [0.05, 0.1) is 12.2 Å². The number of benzene rings is 2. The zero-order valence-electron chi connectivity index (χ0n) is 18.5. The fourth-order valence-corrected chi connectivity index (χ4v) is 3.44. The second-order valence-corrected chi connectivity index (χ2v) is 7.29. The van der Waals surface area contributed by atoms with Gasteiger partial charge in [-0.05, 0) is 37.6 Å². The summed E-state index contributed by atoms with van der Waals surface area (Å²) in [5, 5.41) is 6.55. The summed E-state index contributed by atoms with van der Waals surface area (Å²) < 4.78 is 11.1. The molecule has 0 unspecified atom stereocenters. The molecule has 0 fully saturated rings. The minimum Gasteiger partial charge on any atom is -0.482 e. The highest BCUT2D eigenvalue weighted by molar-refractivity contribution is 14.0. The highest BCUT2D eigenvalue weighted by Crippen LogP contribution is 2.31. The van der Waals surface area contributed by atoms with Gasteiger partial charge in [0.15, 0.2) is 12.6 Å². The summed E-state index contributed by atoms with van der Waals surface area (Å²) in [6, 6.07) is 17.4. The van der Waals surface area contributed by atoms with Gasteiger partial charge in [-0.2, -0.15) is 0 Å². The number of fused-ring (bicyclic) bond motifs is 1. The number of ether oxygens (including phenoxy) is 1. The Hall–Kier alpha value is -3.08. The lowest BCUT2D eigenvalue weighted by atomic mass is 10.2. The van der Waals surface area contributed by atoms with Gasteiger partial charge in [-0.3, -0.25) is 4.79 Å². The molecule has 0 radical (unpaired) electrons. The number of carbonyl (C=O) groups is 1. The molecule has 2 N–H and O–H groups in total. The van der Waals surface area contributed by atoms with Crippen LogP contribution in [0.15, 0.2) is 70.3 Å². The van der Waals surface area contributed by atoms with Crippen molar-refractivity contribution in [2.75, 3.05) is 31.1 Å². The topological polar surface area (TPSA) is 92.0 Å². The number of oxazole rings is 1. The van der Waals surface area contributed by atoms with E-state index in [4.69, 9.17) is 9.15 Å². The molecule has 9 heteroatoms. The van der Waals surface area contributed by atoms with Gasteiger partial charge < -0.3 is 24.7 Å². The standard InChI is InChI=1S/C24H27N5O3.HI/c1-2-25-24(27-15-19-16-32-23(28-19)18-9-4-3-5-10-18)26-13-8-14-29-20-11-6-7-12-21(20)31-17-22(29)30;/h3-7,9-12,16H,2,8,13-15,17H2,1H3,(H2,25,26,27);1H. The second kappa shape index (κ2) is 12.2. The van der Waals surface area contributed by atoms with E-state index in [1.165, 1.54) is 0 Å². The number of para-hydroxylation sites is 2. The van der Waals surface area contributed by atoms with E-state index in [1.54, 1.807) is 11.2 Å². The molecular formula is C24H28IN5O3. The summed E-state index contributed by atoms with van der Waals surface area (Å²) in [6.45, 7) is 4.53. The number of nitrogens with one attached hydrogen (secondary N) is 2. The van der Waals surface area contributed by atoms with Crippen LogP contribution in [0.25, 0.3) is 11.5 Å². The first-order valence-electron chi connectivity index (χ1n) is 10.8. The molecule has 1 aromatic heterocycles. The predicted octanol–water partition coefficient (Wildman–Crippen LogP) is 3.83. The van der Waals surface area contributed by atoms with Crippen LogP contribution in [0.3, 0.4) is 0 Å². The molecule has 4 rings (SSSR count). The van der Waals surface area contributed by atoms with Gasteiger partial charge in [0.25, 0.3) is 5.91 Å². The Bertz CT molecular complexity index is 1070. The van der Waals surface area contributed by atoms with Crippen LogP contribution >= 0.6 is 24.0 Å². The predicted molar refractivity (Wildman–Crippen MR) is 139 cm³/mol. The van der Waals surface area contributed by atoms with E-state index in [-0.39, 0.29) is 36.5 Å². The highest BCUT2D eigenvalue weighted by atomic mass is 127. The SMILES string of the molecule is CCNC(=NCc1coc(-c2ccccc2)n1)NCCCN1C(=O)COc2ccccc21.I. The van der Waals surface area contributed by atoms with Crippen molar-refractivity contribution < 1.29 is 13.9 Å². The molecule has 0 atom stereocenters. The molecule has 174 valence electrons. The van der Waals surface area contributed by atoms with Crippen molar-refractivity contribution in [1.29, 1.82) is 0 Å². The van der Waals surface area contributed by atoms with Crippen LogP contribution < -0.4 is 20.3 Å². The van der Waals surface area contributed by atoms with Crippen LogP contribution in [0.1, 0.15) is 19.0 Å². The summed E-state index contributed by atoms with van der Waals surface area (Å²) in [5.41, 5.74) is 2.52. The van der Waals surface area contributed by atoms with Crippen molar-refractivity contribution in [3.8, 4) is 17.2 Å². The number of hydrogen-bond acceptors (Lipinski definition) is 5. The van der Waals surface area contributed by atoms with Crippen molar-refractivity contribution in [1.82, 2.24) is 15.6 Å². The molecule has 8 nitrogen and oxygen atoms in total. The molecule has 2 heterocycles. The number of halogens is 1. The van der Waals surface area contributed by atoms with Crippen molar-refractivity contribution in [2.24, 2.45) is 4.99 Å². The Labute approximate surface area is 210 Å². The average Bonchev–Trinajstić information content (AvgIpc) is 3.31. The first kappa shape index (κ1) is 24.6. The number of anilines is 1. The van der Waals surface area contributed by atoms with Gasteiger partial charge in [-0.15, -0.1) is 24.0 Å². The number of guanidine groups is 1. The van der Waals surface area contributed by atoms with Gasteiger partial charge in [0.1, 0.15) is 17.7 Å². The smallest absolute Gasteiger partial charge is 0.265 e. The van der Waals surface area contributed by atoms with Gasteiger partial charge >= 0.3 is 0 Å². The Morgan fingerprint density at radius 3 is 2.73 bits per heavy atom. The molecule has 2 aromatic carbocycles. The zero-order chi connectivity index (χ0) is 22.2. The van der Waals surface area contributed by atoms with Crippen molar-refractivity contribution in [3.63, 3.8) is 0 Å². The van der Waals surface area contributed by atoms with Crippen molar-refractivity contribution in [3.05, 3.63) is 66.6 Å². The molecule has 0 spiro atoms. The lowest BCUT2D eigenvalue weighted by Gasteiger charge is -2.29. The fourth-order valence-electron chi connectivity index (χ4n) is 3.44. The van der Waals surface area contributed by atoms with Crippen LogP contribution in [-0.4, -0.2) is 43.1 Å². The maximum Gasteiger partial charge on any atom is 0.265 e. The van der Waals surface area contributed by atoms with Gasteiger partial charge in [0, 0.05) is 25.2 Å². The summed E-state index contributed by atoms with van der Waals surface area (Å²) in [4.78, 5) is 23.2. The first-order valence-corrected chi connectivity index (χ1v) is 10.8. The lowest BCUT2D eigenvalue weighted by Crippen LogP contribution is -2.42. The Kier molecular flexibility index (Phi) is 9.11. The average molecular weight is 561 g/mol. The van der Waals surface area contributed by atoms with Gasteiger partial charge in [0.2, 0.25) is 5.89 Å². The van der Waals surface area contributed by atoms with Gasteiger partial charge in [-0.25, -0.2) is 9.98 Å². The summed E-state index contributed by atoms with van der Waals surface area (Å²) in [6.07, 6.45) is 2.41. The van der Waals surface area contributed by atoms with E-state index in [0.717, 1.165) is 35.7 Å². The number of aliphatic imine (C=N–C) groups is 1. The van der Waals surface area contributed by atoms with E-state index in [1.807, 2.05) is 61.5 Å². The van der Waals surface area contributed by atoms with E-state index < -0.39 is 0 Å². The number of nitrogens with zero attached hydrogens (tertiary/aromatic N) is 3. The summed E-state index contributed by atoms with van der Waals surface area (Å²) in [7, 11) is 0. The minimum absolute atomic E-state index is 0. The van der Waals surface area contributed by atoms with Crippen molar-refractivity contribution in [2.45, 2.75) is 19.9 Å². The minimum atomic E-state index is -0.0236. The molecule has 3 aromatic rings. The van der Waals surface area contributed by atoms with Crippen LogP contribution in [0.2, 0.25) is 0 Å². The molecule has 0 bridgehead atoms. The van der Waals surface area contributed by atoms with E-state index in [2.05, 4.69) is 20.6 Å². The van der Waals surface area contributed by atoms with Crippen LogP contribution in [-0.2, 0) is 11.3 Å². The number of carbonyl (C=O) groups excluding carboxylic acids is 1. The Morgan fingerprint density at radius 1 is 1.12 bits per heavy atom. The maximum absolute atomic E-state index is 12.3. The third-order valence-corrected chi connectivity index (χ3v) is 4.98. The first-order chi connectivity index (χ1) is 15.7. The van der Waals surface area contributed by atoms with Gasteiger partial charge in [-0.1, -0.05) is 30.3 Å². The lowest BCUT2D eigenvalue weighted by molar-refractivity contribution is -0.121. The molecule has 0 aliphatic carbocycles. The number of hydrogen-bond donors (Lipinski definition) is 2. The van der Waals surface area contributed by atoms with E-state index in [0.29, 0.717) is 31.5 Å². The summed E-state index contributed by atoms with van der Waals surface area (Å²) in [5.74, 6) is 2.01. The molecule has 0 saturated carbocycles. The third kappa shape index (κ3) is 6.47. The molecule has 33 heavy (non-hydrogen) atoms. The summed E-state index contributed by atoms with van der Waals surface area (Å²) >= 11 is 0. The van der Waals surface area contributed by atoms with Crippen LogP contribution in [0.5, 0.6) is 5.75 Å².